The van der Waals surface area contributed by atoms with Crippen LogP contribution in [0.3, 0.4) is 0 Å². The topological polar surface area (TPSA) is 93.8 Å². The van der Waals surface area contributed by atoms with Crippen molar-refractivity contribution in [1.29, 1.82) is 0 Å². The predicted octanol–water partition coefficient (Wildman–Crippen LogP) is 5.14. The summed E-state index contributed by atoms with van der Waals surface area (Å²) in [5, 5.41) is 19.6. The molecule has 0 atom stereocenters. The summed E-state index contributed by atoms with van der Waals surface area (Å²) in [6.07, 6.45) is 1.53. The van der Waals surface area contributed by atoms with Gasteiger partial charge >= 0.3 is 6.16 Å². The molecule has 2 aromatic carbocycles. The molecule has 0 bridgehead atoms. The number of benzene rings is 2. The summed E-state index contributed by atoms with van der Waals surface area (Å²) < 4.78 is 39.4. The molecular formula is C23H17ClF2N2O5. The van der Waals surface area contributed by atoms with Gasteiger partial charge in [0.15, 0.2) is 0 Å². The number of carbonyl (C=O) groups is 1. The van der Waals surface area contributed by atoms with Gasteiger partial charge in [-0.2, -0.15) is 0 Å². The van der Waals surface area contributed by atoms with Crippen molar-refractivity contribution in [3.63, 3.8) is 0 Å². The fourth-order valence-corrected chi connectivity index (χ4v) is 3.67. The average Bonchev–Trinajstić information content (AvgIpc) is 3.12. The largest absolute Gasteiger partial charge is 0.511 e. The molecule has 4 aromatic rings. The van der Waals surface area contributed by atoms with Crippen molar-refractivity contribution in [2.24, 2.45) is 0 Å². The smallest absolute Gasteiger partial charge is 0.488 e. The summed E-state index contributed by atoms with van der Waals surface area (Å²) in [6, 6.07) is 9.55. The van der Waals surface area contributed by atoms with Gasteiger partial charge in [0.2, 0.25) is 0 Å². The minimum Gasteiger partial charge on any atom is -0.488 e. The number of rotatable bonds is 7. The molecular weight excluding hydrogens is 458 g/mol. The standard InChI is InChI=1S/C23H17ClF2N2O5/c24-16-2-4-19(32-12-13-1-3-17(25)8-18(13)26)14(7-16)9-28-10-15(11-29)21-20(33-23(30)31)5-6-27-22(21)28/h1-8,10,29H,9,11-12H2,(H,30,31). The number of ether oxygens (including phenoxy) is 2. The van der Waals surface area contributed by atoms with E-state index in [1.54, 1.807) is 29.0 Å². The van der Waals surface area contributed by atoms with E-state index in [0.29, 0.717) is 32.9 Å². The third-order valence-corrected chi connectivity index (χ3v) is 5.16. The molecule has 0 radical (unpaired) electrons. The maximum Gasteiger partial charge on any atom is 0.511 e. The minimum absolute atomic E-state index is 0.0460. The fourth-order valence-electron chi connectivity index (χ4n) is 3.48. The lowest BCUT2D eigenvalue weighted by molar-refractivity contribution is 0.145. The quantitative estimate of drug-likeness (QED) is 0.360. The fraction of sp³-hybridized carbons (Fsp3) is 0.130. The van der Waals surface area contributed by atoms with Gasteiger partial charge in [-0.1, -0.05) is 11.6 Å². The number of nitrogens with zero attached hydrogens (tertiary/aromatic N) is 2. The highest BCUT2D eigenvalue weighted by Crippen LogP contribution is 2.32. The molecule has 2 aromatic heterocycles. The van der Waals surface area contributed by atoms with E-state index in [1.165, 1.54) is 18.3 Å². The van der Waals surface area contributed by atoms with E-state index in [1.807, 2.05) is 0 Å². The lowest BCUT2D eigenvalue weighted by atomic mass is 10.2. The molecule has 170 valence electrons. The van der Waals surface area contributed by atoms with Gasteiger partial charge in [-0.25, -0.2) is 18.6 Å². The minimum atomic E-state index is -1.49. The first-order chi connectivity index (χ1) is 15.9. The summed E-state index contributed by atoms with van der Waals surface area (Å²) in [6.45, 7) is -0.306. The molecule has 10 heteroatoms. The van der Waals surface area contributed by atoms with Crippen LogP contribution in [-0.4, -0.2) is 25.9 Å². The highest BCUT2D eigenvalue weighted by atomic mass is 35.5. The number of aliphatic hydroxyl groups is 1. The van der Waals surface area contributed by atoms with Crippen LogP contribution in [0, 0.1) is 11.6 Å². The van der Waals surface area contributed by atoms with Crippen molar-refractivity contribution < 1.29 is 33.3 Å². The first kappa shape index (κ1) is 22.5. The van der Waals surface area contributed by atoms with Gasteiger partial charge in [-0.05, 0) is 30.3 Å². The van der Waals surface area contributed by atoms with Crippen LogP contribution in [0.1, 0.15) is 16.7 Å². The number of hydrogen-bond donors (Lipinski definition) is 2. The van der Waals surface area contributed by atoms with E-state index in [9.17, 15) is 18.7 Å². The Bertz CT molecular complexity index is 1340. The summed E-state index contributed by atoms with van der Waals surface area (Å²) in [5.41, 5.74) is 1.61. The lowest BCUT2D eigenvalue weighted by Crippen LogP contribution is -2.06. The molecule has 4 rings (SSSR count). The number of hydrogen-bond acceptors (Lipinski definition) is 5. The Morgan fingerprint density at radius 1 is 1.06 bits per heavy atom. The number of aromatic nitrogens is 2. The monoisotopic (exact) mass is 474 g/mol. The van der Waals surface area contributed by atoms with Gasteiger partial charge in [0.25, 0.3) is 0 Å². The van der Waals surface area contributed by atoms with Crippen molar-refractivity contribution in [3.05, 3.63) is 88.2 Å². The Hall–Kier alpha value is -3.69. The number of aliphatic hydroxyl groups excluding tert-OH is 1. The van der Waals surface area contributed by atoms with Crippen LogP contribution in [0.2, 0.25) is 5.02 Å². The van der Waals surface area contributed by atoms with E-state index < -0.39 is 17.8 Å². The SMILES string of the molecule is O=C(O)Oc1ccnc2c1c(CO)cn2Cc1cc(Cl)ccc1OCc1ccc(F)cc1F. The Balaban J connectivity index is 1.68. The molecule has 0 aliphatic rings. The second-order valence-electron chi connectivity index (χ2n) is 7.09. The predicted molar refractivity (Wildman–Crippen MR) is 116 cm³/mol. The van der Waals surface area contributed by atoms with Crippen LogP contribution < -0.4 is 9.47 Å². The zero-order chi connectivity index (χ0) is 23.5. The van der Waals surface area contributed by atoms with Crippen molar-refractivity contribution in [2.75, 3.05) is 0 Å². The van der Waals surface area contributed by atoms with Crippen molar-refractivity contribution >= 4 is 28.8 Å². The molecule has 0 aliphatic heterocycles. The molecule has 2 heterocycles. The summed E-state index contributed by atoms with van der Waals surface area (Å²) in [7, 11) is 0. The third kappa shape index (κ3) is 4.89. The zero-order valence-corrected chi connectivity index (χ0v) is 17.7. The maximum atomic E-state index is 14.0. The Morgan fingerprint density at radius 2 is 1.88 bits per heavy atom. The Kier molecular flexibility index (Phi) is 6.43. The van der Waals surface area contributed by atoms with Crippen molar-refractivity contribution in [2.45, 2.75) is 19.8 Å². The molecule has 0 spiro atoms. The molecule has 0 aliphatic carbocycles. The van der Waals surface area contributed by atoms with Crippen LogP contribution in [-0.2, 0) is 19.8 Å². The number of carboxylic acid groups (broad SMARTS) is 1. The first-order valence-corrected chi connectivity index (χ1v) is 10.1. The maximum absolute atomic E-state index is 14.0. The van der Waals surface area contributed by atoms with Gasteiger partial charge in [0, 0.05) is 46.2 Å². The van der Waals surface area contributed by atoms with E-state index in [0.717, 1.165) is 12.1 Å². The van der Waals surface area contributed by atoms with E-state index in [4.69, 9.17) is 26.2 Å². The van der Waals surface area contributed by atoms with Gasteiger partial charge in [-0.3, -0.25) is 0 Å². The summed E-state index contributed by atoms with van der Waals surface area (Å²) >= 11 is 6.17. The molecule has 0 saturated carbocycles. The average molecular weight is 475 g/mol. The number of fused-ring (bicyclic) bond motifs is 1. The van der Waals surface area contributed by atoms with E-state index in [2.05, 4.69) is 4.98 Å². The van der Waals surface area contributed by atoms with Gasteiger partial charge in [0.05, 0.1) is 18.5 Å². The summed E-state index contributed by atoms with van der Waals surface area (Å²) in [5.74, 6) is -0.941. The molecule has 0 fully saturated rings. The highest BCUT2D eigenvalue weighted by molar-refractivity contribution is 6.30. The molecule has 7 nitrogen and oxygen atoms in total. The Labute approximate surface area is 191 Å². The highest BCUT2D eigenvalue weighted by Gasteiger charge is 2.18. The molecule has 0 saturated heterocycles. The van der Waals surface area contributed by atoms with Crippen LogP contribution in [0.15, 0.2) is 54.9 Å². The second-order valence-corrected chi connectivity index (χ2v) is 7.53. The van der Waals surface area contributed by atoms with Crippen LogP contribution in [0.25, 0.3) is 11.0 Å². The van der Waals surface area contributed by atoms with Gasteiger partial charge in [-0.15, -0.1) is 0 Å². The number of halogens is 3. The van der Waals surface area contributed by atoms with E-state index >= 15 is 0 Å². The van der Waals surface area contributed by atoms with Crippen LogP contribution >= 0.6 is 11.6 Å². The second kappa shape index (κ2) is 9.43. The normalized spacial score (nSPS) is 11.0. The molecule has 2 N–H and O–H groups in total. The van der Waals surface area contributed by atoms with Crippen LogP contribution in [0.4, 0.5) is 13.6 Å². The van der Waals surface area contributed by atoms with Gasteiger partial charge in [0.1, 0.15) is 35.4 Å². The third-order valence-electron chi connectivity index (χ3n) is 4.93. The van der Waals surface area contributed by atoms with Crippen molar-refractivity contribution in [1.82, 2.24) is 9.55 Å². The zero-order valence-electron chi connectivity index (χ0n) is 17.0. The molecule has 0 unspecified atom stereocenters. The Morgan fingerprint density at radius 3 is 2.61 bits per heavy atom. The lowest BCUT2D eigenvalue weighted by Gasteiger charge is -2.14. The summed E-state index contributed by atoms with van der Waals surface area (Å²) in [4.78, 5) is 15.3. The van der Waals surface area contributed by atoms with Crippen molar-refractivity contribution in [3.8, 4) is 11.5 Å². The first-order valence-electron chi connectivity index (χ1n) is 9.69. The molecule has 33 heavy (non-hydrogen) atoms. The van der Waals surface area contributed by atoms with Gasteiger partial charge < -0.3 is 24.3 Å². The molecule has 0 amide bonds. The van der Waals surface area contributed by atoms with E-state index in [-0.39, 0.29) is 31.1 Å². The van der Waals surface area contributed by atoms with Crippen LogP contribution in [0.5, 0.6) is 11.5 Å². The number of pyridine rings is 1.